The Kier molecular flexibility index (Phi) is 12.0. The van der Waals surface area contributed by atoms with Crippen LogP contribution in [0.1, 0.15) is 12.5 Å². The van der Waals surface area contributed by atoms with Crippen molar-refractivity contribution in [2.75, 3.05) is 25.5 Å². The Morgan fingerprint density at radius 3 is 2.61 bits per heavy atom. The molecule has 1 aromatic rings. The molecular weight excluding hydrogens is 271 g/mol. The topological polar surface area (TPSA) is 62.4 Å². The van der Waals surface area contributed by atoms with Crippen LogP contribution in [-0.2, 0) is 6.42 Å². The standard InChI is InChI=1S/C12H20N4.2ClH/c1-3-15-12(14-2)16-11-6-4-5-10(9-11)7-8-13;;/h4-6,9H,3,7-8,13H2,1-2H3,(H2,14,15,16);2*1H. The fourth-order valence-corrected chi connectivity index (χ4v) is 1.45. The fraction of sp³-hybridized carbons (Fsp3) is 0.417. The highest BCUT2D eigenvalue weighted by Crippen LogP contribution is 2.10. The minimum Gasteiger partial charge on any atom is -0.356 e. The number of rotatable bonds is 4. The van der Waals surface area contributed by atoms with Crippen molar-refractivity contribution in [2.24, 2.45) is 10.7 Å². The molecule has 0 bridgehead atoms. The van der Waals surface area contributed by atoms with Crippen LogP contribution in [0.4, 0.5) is 5.69 Å². The van der Waals surface area contributed by atoms with Gasteiger partial charge in [0.1, 0.15) is 0 Å². The minimum absolute atomic E-state index is 0. The molecule has 0 radical (unpaired) electrons. The van der Waals surface area contributed by atoms with Gasteiger partial charge in [0.15, 0.2) is 5.96 Å². The highest BCUT2D eigenvalue weighted by atomic mass is 35.5. The summed E-state index contributed by atoms with van der Waals surface area (Å²) in [6.45, 7) is 3.56. The Bertz CT molecular complexity index is 356. The molecule has 0 aliphatic rings. The normalized spacial score (nSPS) is 10.1. The zero-order valence-corrected chi connectivity index (χ0v) is 12.4. The second-order valence-corrected chi connectivity index (χ2v) is 3.47. The number of aliphatic imine (C=N–C) groups is 1. The van der Waals surface area contributed by atoms with Crippen LogP contribution >= 0.6 is 24.8 Å². The summed E-state index contributed by atoms with van der Waals surface area (Å²) in [6.07, 6.45) is 0.898. The van der Waals surface area contributed by atoms with Crippen molar-refractivity contribution < 1.29 is 0 Å². The Hall–Kier alpha value is -0.970. The van der Waals surface area contributed by atoms with Gasteiger partial charge in [-0.25, -0.2) is 0 Å². The molecule has 0 aliphatic carbocycles. The van der Waals surface area contributed by atoms with Crippen LogP contribution in [0.3, 0.4) is 0 Å². The Labute approximate surface area is 121 Å². The van der Waals surface area contributed by atoms with Gasteiger partial charge in [-0.05, 0) is 37.6 Å². The predicted octanol–water partition coefficient (Wildman–Crippen LogP) is 2.04. The first-order valence-corrected chi connectivity index (χ1v) is 5.56. The van der Waals surface area contributed by atoms with Gasteiger partial charge in [0, 0.05) is 19.3 Å². The van der Waals surface area contributed by atoms with Crippen LogP contribution in [-0.4, -0.2) is 26.1 Å². The zero-order chi connectivity index (χ0) is 11.8. The van der Waals surface area contributed by atoms with Crippen LogP contribution in [0, 0.1) is 0 Å². The van der Waals surface area contributed by atoms with Crippen molar-refractivity contribution >= 4 is 36.5 Å². The van der Waals surface area contributed by atoms with E-state index in [1.54, 1.807) is 7.05 Å². The molecule has 18 heavy (non-hydrogen) atoms. The van der Waals surface area contributed by atoms with E-state index in [4.69, 9.17) is 5.73 Å². The molecule has 0 heterocycles. The molecular formula is C12H22Cl2N4. The van der Waals surface area contributed by atoms with E-state index < -0.39 is 0 Å². The maximum atomic E-state index is 5.53. The van der Waals surface area contributed by atoms with Gasteiger partial charge in [0.2, 0.25) is 0 Å². The first-order chi connectivity index (χ1) is 7.80. The Balaban J connectivity index is 0. The summed E-state index contributed by atoms with van der Waals surface area (Å²) in [5, 5.41) is 6.37. The van der Waals surface area contributed by atoms with Crippen molar-refractivity contribution in [1.29, 1.82) is 0 Å². The van der Waals surface area contributed by atoms with Crippen LogP contribution in [0.15, 0.2) is 29.3 Å². The van der Waals surface area contributed by atoms with Gasteiger partial charge in [0.25, 0.3) is 0 Å². The molecule has 0 fully saturated rings. The van der Waals surface area contributed by atoms with E-state index in [2.05, 4.69) is 27.8 Å². The molecule has 0 aromatic heterocycles. The molecule has 4 nitrogen and oxygen atoms in total. The molecule has 0 atom stereocenters. The Morgan fingerprint density at radius 1 is 1.33 bits per heavy atom. The van der Waals surface area contributed by atoms with Crippen LogP contribution in [0.5, 0.6) is 0 Å². The lowest BCUT2D eigenvalue weighted by Crippen LogP contribution is -2.30. The number of nitrogens with zero attached hydrogens (tertiary/aromatic N) is 1. The van der Waals surface area contributed by atoms with E-state index in [0.29, 0.717) is 6.54 Å². The number of benzene rings is 1. The second kappa shape index (κ2) is 11.1. The molecule has 0 saturated heterocycles. The molecule has 1 aromatic carbocycles. The molecule has 0 unspecified atom stereocenters. The first-order valence-electron chi connectivity index (χ1n) is 5.56. The van der Waals surface area contributed by atoms with Gasteiger partial charge in [0.05, 0.1) is 0 Å². The van der Waals surface area contributed by atoms with Gasteiger partial charge in [-0.1, -0.05) is 12.1 Å². The van der Waals surface area contributed by atoms with Crippen LogP contribution < -0.4 is 16.4 Å². The van der Waals surface area contributed by atoms with Crippen molar-refractivity contribution in [3.05, 3.63) is 29.8 Å². The lowest BCUT2D eigenvalue weighted by atomic mass is 10.1. The number of halogens is 2. The summed E-state index contributed by atoms with van der Waals surface area (Å²) in [6, 6.07) is 8.21. The van der Waals surface area contributed by atoms with E-state index in [-0.39, 0.29) is 24.8 Å². The third kappa shape index (κ3) is 6.69. The van der Waals surface area contributed by atoms with E-state index in [0.717, 1.165) is 24.6 Å². The van der Waals surface area contributed by atoms with Crippen molar-refractivity contribution in [3.63, 3.8) is 0 Å². The fourth-order valence-electron chi connectivity index (χ4n) is 1.45. The number of hydrogen-bond acceptors (Lipinski definition) is 2. The van der Waals surface area contributed by atoms with E-state index >= 15 is 0 Å². The van der Waals surface area contributed by atoms with Crippen molar-refractivity contribution in [2.45, 2.75) is 13.3 Å². The highest BCUT2D eigenvalue weighted by Gasteiger charge is 1.98. The molecule has 104 valence electrons. The molecule has 0 saturated carbocycles. The monoisotopic (exact) mass is 292 g/mol. The Morgan fingerprint density at radius 2 is 2.06 bits per heavy atom. The van der Waals surface area contributed by atoms with Crippen molar-refractivity contribution in [3.8, 4) is 0 Å². The predicted molar refractivity (Wildman–Crippen MR) is 84.4 cm³/mol. The molecule has 0 amide bonds. The number of hydrogen-bond donors (Lipinski definition) is 3. The van der Waals surface area contributed by atoms with Gasteiger partial charge in [-0.3, -0.25) is 4.99 Å². The molecule has 0 aliphatic heterocycles. The summed E-state index contributed by atoms with van der Waals surface area (Å²) in [5.74, 6) is 0.785. The molecule has 4 N–H and O–H groups in total. The van der Waals surface area contributed by atoms with E-state index in [1.165, 1.54) is 5.56 Å². The van der Waals surface area contributed by atoms with E-state index in [1.807, 2.05) is 19.1 Å². The quantitative estimate of drug-likeness (QED) is 0.588. The lowest BCUT2D eigenvalue weighted by Gasteiger charge is -2.11. The van der Waals surface area contributed by atoms with Gasteiger partial charge in [-0.2, -0.15) is 0 Å². The number of nitrogens with two attached hydrogens (primary N) is 1. The highest BCUT2D eigenvalue weighted by molar-refractivity contribution is 5.93. The molecule has 0 spiro atoms. The average Bonchev–Trinajstić information content (AvgIpc) is 2.29. The minimum atomic E-state index is 0. The maximum absolute atomic E-state index is 5.53. The van der Waals surface area contributed by atoms with Gasteiger partial charge < -0.3 is 16.4 Å². The smallest absolute Gasteiger partial charge is 0.195 e. The summed E-state index contributed by atoms with van der Waals surface area (Å²) in [4.78, 5) is 4.12. The first kappa shape index (κ1) is 19.4. The third-order valence-electron chi connectivity index (χ3n) is 2.19. The summed E-state index contributed by atoms with van der Waals surface area (Å²) in [5.41, 5.74) is 7.80. The van der Waals surface area contributed by atoms with E-state index in [9.17, 15) is 0 Å². The zero-order valence-electron chi connectivity index (χ0n) is 10.8. The number of nitrogens with one attached hydrogen (secondary N) is 2. The number of guanidine groups is 1. The van der Waals surface area contributed by atoms with Gasteiger partial charge >= 0.3 is 0 Å². The number of anilines is 1. The average molecular weight is 293 g/mol. The maximum Gasteiger partial charge on any atom is 0.195 e. The lowest BCUT2D eigenvalue weighted by molar-refractivity contribution is 0.956. The second-order valence-electron chi connectivity index (χ2n) is 3.47. The van der Waals surface area contributed by atoms with Crippen LogP contribution in [0.25, 0.3) is 0 Å². The van der Waals surface area contributed by atoms with Gasteiger partial charge in [-0.15, -0.1) is 24.8 Å². The molecule has 6 heteroatoms. The summed E-state index contributed by atoms with van der Waals surface area (Å²) >= 11 is 0. The third-order valence-corrected chi connectivity index (χ3v) is 2.19. The summed E-state index contributed by atoms with van der Waals surface area (Å²) < 4.78 is 0. The van der Waals surface area contributed by atoms with Crippen LogP contribution in [0.2, 0.25) is 0 Å². The van der Waals surface area contributed by atoms with Crippen molar-refractivity contribution in [1.82, 2.24) is 5.32 Å². The molecule has 1 rings (SSSR count). The largest absolute Gasteiger partial charge is 0.356 e. The SMILES string of the molecule is CCNC(=NC)Nc1cccc(CCN)c1.Cl.Cl. The summed E-state index contributed by atoms with van der Waals surface area (Å²) in [7, 11) is 1.76.